The second kappa shape index (κ2) is 7.91. The van der Waals surface area contributed by atoms with Gasteiger partial charge in [-0.05, 0) is 78.7 Å². The predicted molar refractivity (Wildman–Crippen MR) is 114 cm³/mol. The van der Waals surface area contributed by atoms with Crippen molar-refractivity contribution in [3.63, 3.8) is 0 Å². The maximum atomic E-state index is 9.76. The van der Waals surface area contributed by atoms with Crippen LogP contribution in [-0.4, -0.2) is 5.11 Å². The van der Waals surface area contributed by atoms with Crippen molar-refractivity contribution in [1.82, 2.24) is 0 Å². The number of phenolic OH excluding ortho intramolecular Hbond substituents is 1. The zero-order valence-electron chi connectivity index (χ0n) is 15.9. The number of phenols is 1. The summed E-state index contributed by atoms with van der Waals surface area (Å²) >= 11 is 1.61. The molecule has 142 valence electrons. The van der Waals surface area contributed by atoms with Crippen molar-refractivity contribution in [2.24, 2.45) is 0 Å². The van der Waals surface area contributed by atoms with E-state index in [0.29, 0.717) is 11.3 Å². The highest BCUT2D eigenvalue weighted by Crippen LogP contribution is 2.41. The molecule has 0 saturated heterocycles. The van der Waals surface area contributed by atoms with Gasteiger partial charge in [-0.25, -0.2) is 0 Å². The van der Waals surface area contributed by atoms with Crippen LogP contribution in [0.4, 0.5) is 0 Å². The minimum atomic E-state index is 0.118. The summed E-state index contributed by atoms with van der Waals surface area (Å²) in [7, 11) is 0. The van der Waals surface area contributed by atoms with Gasteiger partial charge in [0.25, 0.3) is 0 Å². The van der Waals surface area contributed by atoms with E-state index in [2.05, 4.69) is 12.2 Å². The van der Waals surface area contributed by atoms with Gasteiger partial charge in [-0.3, -0.25) is 0 Å². The molecule has 0 amide bonds. The summed E-state index contributed by atoms with van der Waals surface area (Å²) in [6.07, 6.45) is 12.9. The van der Waals surface area contributed by atoms with Gasteiger partial charge >= 0.3 is 0 Å². The molecule has 1 aromatic rings. The van der Waals surface area contributed by atoms with Gasteiger partial charge in [0.15, 0.2) is 0 Å². The average Bonchev–Trinajstić information content (AvgIpc) is 2.71. The van der Waals surface area contributed by atoms with E-state index in [-0.39, 0.29) is 11.3 Å². The normalized spacial score (nSPS) is 17.9. The standard InChI is InChI=1S/C24H18N2O2S/c1-15-9-19(20(13-25)14-26)11-22(29-15)8-6-16-3-2-4-18-10-17-5-7-21(27)12-23(17)28-24(16)18/h5-12,27H,2-4H2,1H3/b8-6+. The van der Waals surface area contributed by atoms with Crippen molar-refractivity contribution in [1.29, 1.82) is 10.5 Å². The Labute approximate surface area is 174 Å². The topological polar surface area (TPSA) is 77.0 Å². The van der Waals surface area contributed by atoms with E-state index >= 15 is 0 Å². The van der Waals surface area contributed by atoms with Crippen LogP contribution in [-0.2, 0) is 0 Å². The number of nitriles is 2. The number of fused-ring (bicyclic) bond motifs is 2. The van der Waals surface area contributed by atoms with E-state index in [1.165, 1.54) is 5.57 Å². The molecule has 0 spiro atoms. The zero-order chi connectivity index (χ0) is 20.4. The Balaban J connectivity index is 1.68. The SMILES string of the molecule is CC1=CC(=C(C#N)C#N)C=C(/C=C/C2=C3Oc4cc(O)ccc4C=C3CCC2)S1. The van der Waals surface area contributed by atoms with Crippen LogP contribution in [0, 0.1) is 22.7 Å². The van der Waals surface area contributed by atoms with Crippen LogP contribution in [0.25, 0.3) is 6.08 Å². The lowest BCUT2D eigenvalue weighted by Crippen LogP contribution is -2.12. The fourth-order valence-corrected chi connectivity index (χ4v) is 4.46. The van der Waals surface area contributed by atoms with Crippen molar-refractivity contribution in [3.05, 3.63) is 85.9 Å². The summed E-state index contributed by atoms with van der Waals surface area (Å²) in [5, 5.41) is 28.1. The first-order chi connectivity index (χ1) is 14.1. The van der Waals surface area contributed by atoms with Crippen LogP contribution in [0.1, 0.15) is 31.7 Å². The minimum Gasteiger partial charge on any atom is -0.508 e. The van der Waals surface area contributed by atoms with Crippen molar-refractivity contribution in [2.45, 2.75) is 26.2 Å². The Bertz CT molecular complexity index is 1150. The van der Waals surface area contributed by atoms with Gasteiger partial charge in [-0.15, -0.1) is 0 Å². The molecule has 0 atom stereocenters. The molecule has 0 fully saturated rings. The molecule has 0 saturated carbocycles. The number of aromatic hydroxyl groups is 1. The van der Waals surface area contributed by atoms with Crippen LogP contribution in [0.15, 0.2) is 80.4 Å². The van der Waals surface area contributed by atoms with E-state index in [0.717, 1.165) is 46.0 Å². The van der Waals surface area contributed by atoms with Crippen LogP contribution in [0.5, 0.6) is 11.5 Å². The molecule has 4 rings (SSSR count). The quantitative estimate of drug-likeness (QED) is 0.615. The third kappa shape index (κ3) is 3.92. The number of hydrogen-bond donors (Lipinski definition) is 1. The average molecular weight is 398 g/mol. The summed E-state index contributed by atoms with van der Waals surface area (Å²) in [5.74, 6) is 1.72. The van der Waals surface area contributed by atoms with Gasteiger partial charge in [-0.1, -0.05) is 17.8 Å². The molecule has 29 heavy (non-hydrogen) atoms. The van der Waals surface area contributed by atoms with E-state index in [1.54, 1.807) is 23.9 Å². The third-order valence-electron chi connectivity index (χ3n) is 4.91. The van der Waals surface area contributed by atoms with Gasteiger partial charge in [0.05, 0.1) is 0 Å². The molecule has 2 heterocycles. The molecule has 5 heteroatoms. The highest BCUT2D eigenvalue weighted by molar-refractivity contribution is 8.06. The van der Waals surface area contributed by atoms with Gasteiger partial charge in [-0.2, -0.15) is 10.5 Å². The highest BCUT2D eigenvalue weighted by Gasteiger charge is 2.23. The van der Waals surface area contributed by atoms with Gasteiger partial charge < -0.3 is 9.84 Å². The molecule has 0 bridgehead atoms. The Morgan fingerprint density at radius 1 is 1.14 bits per heavy atom. The lowest BCUT2D eigenvalue weighted by Gasteiger charge is -2.26. The fourth-order valence-electron chi connectivity index (χ4n) is 3.58. The Morgan fingerprint density at radius 2 is 1.97 bits per heavy atom. The summed E-state index contributed by atoms with van der Waals surface area (Å²) in [6, 6.07) is 9.09. The lowest BCUT2D eigenvalue weighted by molar-refractivity contribution is 0.404. The zero-order valence-corrected chi connectivity index (χ0v) is 16.7. The van der Waals surface area contributed by atoms with Crippen LogP contribution in [0.2, 0.25) is 0 Å². The first kappa shape index (κ1) is 18.9. The molecule has 4 nitrogen and oxygen atoms in total. The van der Waals surface area contributed by atoms with Crippen LogP contribution >= 0.6 is 11.8 Å². The van der Waals surface area contributed by atoms with Gasteiger partial charge in [0.2, 0.25) is 0 Å². The largest absolute Gasteiger partial charge is 0.508 e. The molecule has 3 aliphatic rings. The molecule has 0 radical (unpaired) electrons. The number of allylic oxidation sites excluding steroid dienone is 9. The molecule has 1 aromatic carbocycles. The van der Waals surface area contributed by atoms with E-state index in [4.69, 9.17) is 15.3 Å². The van der Waals surface area contributed by atoms with Gasteiger partial charge in [0.1, 0.15) is 35.0 Å². The molecule has 0 aromatic heterocycles. The van der Waals surface area contributed by atoms with Crippen molar-refractivity contribution < 1.29 is 9.84 Å². The summed E-state index contributed by atoms with van der Waals surface area (Å²) in [4.78, 5) is 2.01. The maximum absolute atomic E-state index is 9.76. The molecule has 1 aliphatic carbocycles. The van der Waals surface area contributed by atoms with E-state index < -0.39 is 0 Å². The Hall–Kier alpha value is -3.41. The van der Waals surface area contributed by atoms with Crippen LogP contribution in [0.3, 0.4) is 0 Å². The molecule has 0 unspecified atom stereocenters. The van der Waals surface area contributed by atoms with Crippen molar-refractivity contribution >= 4 is 17.8 Å². The second-order valence-electron chi connectivity index (χ2n) is 6.99. The first-order valence-corrected chi connectivity index (χ1v) is 10.1. The second-order valence-corrected chi connectivity index (χ2v) is 8.31. The van der Waals surface area contributed by atoms with E-state index in [1.807, 2.05) is 43.4 Å². The van der Waals surface area contributed by atoms with E-state index in [9.17, 15) is 5.11 Å². The lowest BCUT2D eigenvalue weighted by atomic mass is 9.90. The van der Waals surface area contributed by atoms with Crippen molar-refractivity contribution in [3.8, 4) is 23.6 Å². The maximum Gasteiger partial charge on any atom is 0.138 e. The summed E-state index contributed by atoms with van der Waals surface area (Å²) in [6.45, 7) is 1.97. The Morgan fingerprint density at radius 3 is 2.76 bits per heavy atom. The molecular formula is C24H18N2O2S. The number of nitrogens with zero attached hydrogens (tertiary/aromatic N) is 2. The summed E-state index contributed by atoms with van der Waals surface area (Å²) < 4.78 is 6.15. The van der Waals surface area contributed by atoms with Gasteiger partial charge in [0, 0.05) is 22.1 Å². The number of thioether (sulfide) groups is 1. The number of rotatable bonds is 2. The molecular weight excluding hydrogens is 380 g/mol. The summed E-state index contributed by atoms with van der Waals surface area (Å²) in [5.41, 5.74) is 4.02. The smallest absolute Gasteiger partial charge is 0.138 e. The highest BCUT2D eigenvalue weighted by atomic mass is 32.2. The monoisotopic (exact) mass is 398 g/mol. The fraction of sp³-hybridized carbons (Fsp3) is 0.167. The molecule has 2 aliphatic heterocycles. The number of hydrogen-bond acceptors (Lipinski definition) is 5. The molecule has 1 N–H and O–H groups in total. The minimum absolute atomic E-state index is 0.118. The number of ether oxygens (including phenoxy) is 1. The Kier molecular flexibility index (Phi) is 5.16. The number of benzene rings is 1. The predicted octanol–water partition coefficient (Wildman–Crippen LogP) is 6.04. The van der Waals surface area contributed by atoms with Crippen molar-refractivity contribution in [2.75, 3.05) is 0 Å². The van der Waals surface area contributed by atoms with Crippen LogP contribution < -0.4 is 4.74 Å². The third-order valence-corrected chi connectivity index (χ3v) is 5.84. The first-order valence-electron chi connectivity index (χ1n) is 9.33.